The van der Waals surface area contributed by atoms with Crippen LogP contribution in [0.5, 0.6) is 0 Å². The van der Waals surface area contributed by atoms with Crippen molar-refractivity contribution in [2.24, 2.45) is 0 Å². The van der Waals surface area contributed by atoms with Gasteiger partial charge in [-0.1, -0.05) is 11.6 Å². The molecule has 1 aliphatic rings. The minimum Gasteiger partial charge on any atom is -0.369 e. The Morgan fingerprint density at radius 1 is 1.05 bits per heavy atom. The molecule has 0 radical (unpaired) electrons. The number of anilines is 1. The Labute approximate surface area is 127 Å². The highest BCUT2D eigenvalue weighted by atomic mass is 35.5. The molecular weight excluding hydrogens is 303 g/mol. The van der Waals surface area contributed by atoms with E-state index in [1.54, 1.807) is 0 Å². The molecule has 1 aromatic rings. The second-order valence-electron chi connectivity index (χ2n) is 5.10. The maximum atomic E-state index is 12.0. The zero-order chi connectivity index (χ0) is 15.3. The highest BCUT2D eigenvalue weighted by molar-refractivity contribution is 6.30. The molecule has 1 aromatic carbocycles. The summed E-state index contributed by atoms with van der Waals surface area (Å²) in [6.07, 6.45) is -4.13. The van der Waals surface area contributed by atoms with Gasteiger partial charge in [0.15, 0.2) is 0 Å². The summed E-state index contributed by atoms with van der Waals surface area (Å²) in [5.74, 6) is 0. The van der Waals surface area contributed by atoms with E-state index in [4.69, 9.17) is 11.6 Å². The molecule has 1 saturated heterocycles. The Morgan fingerprint density at radius 3 is 2.24 bits per heavy atom. The topological polar surface area (TPSA) is 18.5 Å². The lowest BCUT2D eigenvalue weighted by Crippen LogP contribution is -2.48. The van der Waals surface area contributed by atoms with Crippen molar-refractivity contribution in [3.63, 3.8) is 0 Å². The molecule has 1 N–H and O–H groups in total. The molecule has 7 heteroatoms. The first kappa shape index (κ1) is 16.4. The smallest absolute Gasteiger partial charge is 0.369 e. The van der Waals surface area contributed by atoms with E-state index in [0.717, 1.165) is 31.9 Å². The minimum absolute atomic E-state index is 0.362. The second kappa shape index (κ2) is 7.33. The number of hydrogen-bond acceptors (Lipinski definition) is 3. The summed E-state index contributed by atoms with van der Waals surface area (Å²) in [6, 6.07) is 7.71. The molecule has 0 saturated carbocycles. The van der Waals surface area contributed by atoms with E-state index in [2.05, 4.69) is 15.1 Å². The Hall–Kier alpha value is -0.980. The Balaban J connectivity index is 1.67. The van der Waals surface area contributed by atoms with Crippen LogP contribution in [0, 0.1) is 0 Å². The zero-order valence-electron chi connectivity index (χ0n) is 11.7. The van der Waals surface area contributed by atoms with E-state index in [1.807, 2.05) is 24.3 Å². The summed E-state index contributed by atoms with van der Waals surface area (Å²) in [5.41, 5.74) is 1.13. The largest absolute Gasteiger partial charge is 0.401 e. The van der Waals surface area contributed by atoms with E-state index in [0.29, 0.717) is 18.1 Å². The number of halogens is 4. The van der Waals surface area contributed by atoms with Gasteiger partial charge in [0.05, 0.1) is 6.54 Å². The Bertz CT molecular complexity index is 428. The van der Waals surface area contributed by atoms with Crippen LogP contribution in [-0.4, -0.2) is 56.9 Å². The average molecular weight is 322 g/mol. The predicted octanol–water partition coefficient (Wildman–Crippen LogP) is 2.61. The van der Waals surface area contributed by atoms with Gasteiger partial charge < -0.3 is 10.2 Å². The van der Waals surface area contributed by atoms with E-state index in [1.165, 1.54) is 0 Å². The first-order chi connectivity index (χ1) is 9.94. The van der Waals surface area contributed by atoms with Crippen LogP contribution < -0.4 is 10.2 Å². The summed E-state index contributed by atoms with van der Waals surface area (Å²) in [6.45, 7) is 3.55. The molecule has 0 unspecified atom stereocenters. The van der Waals surface area contributed by atoms with E-state index >= 15 is 0 Å². The van der Waals surface area contributed by atoms with Gasteiger partial charge in [-0.2, -0.15) is 13.2 Å². The van der Waals surface area contributed by atoms with Crippen molar-refractivity contribution in [1.82, 2.24) is 10.2 Å². The molecular formula is C14H19ClF3N3. The lowest BCUT2D eigenvalue weighted by molar-refractivity contribution is -0.124. The monoisotopic (exact) mass is 321 g/mol. The van der Waals surface area contributed by atoms with Crippen molar-refractivity contribution in [3.8, 4) is 0 Å². The standard InChI is InChI=1S/C14H19ClF3N3/c15-12-1-3-13(4-2-12)21-9-7-20(8-10-21)6-5-19-11-14(16,17)18/h1-4,19H,5-11H2. The first-order valence-corrected chi connectivity index (χ1v) is 7.32. The highest BCUT2D eigenvalue weighted by Gasteiger charge is 2.26. The Kier molecular flexibility index (Phi) is 5.72. The van der Waals surface area contributed by atoms with Gasteiger partial charge in [0, 0.05) is 50.0 Å². The molecule has 21 heavy (non-hydrogen) atoms. The number of hydrogen-bond donors (Lipinski definition) is 1. The van der Waals surface area contributed by atoms with Crippen LogP contribution in [0.3, 0.4) is 0 Å². The van der Waals surface area contributed by atoms with Crippen LogP contribution in [0.2, 0.25) is 5.02 Å². The number of nitrogens with zero attached hydrogens (tertiary/aromatic N) is 2. The summed E-state index contributed by atoms with van der Waals surface area (Å²) in [5, 5.41) is 3.14. The van der Waals surface area contributed by atoms with E-state index < -0.39 is 12.7 Å². The predicted molar refractivity (Wildman–Crippen MR) is 79.0 cm³/mol. The first-order valence-electron chi connectivity index (χ1n) is 6.94. The van der Waals surface area contributed by atoms with Crippen molar-refractivity contribution < 1.29 is 13.2 Å². The number of nitrogens with one attached hydrogen (secondary N) is 1. The molecule has 0 atom stereocenters. The molecule has 1 heterocycles. The van der Waals surface area contributed by atoms with Gasteiger partial charge in [-0.3, -0.25) is 4.90 Å². The molecule has 2 rings (SSSR count). The quantitative estimate of drug-likeness (QED) is 0.841. The van der Waals surface area contributed by atoms with Gasteiger partial charge in [-0.15, -0.1) is 0 Å². The van der Waals surface area contributed by atoms with Crippen LogP contribution in [-0.2, 0) is 0 Å². The maximum Gasteiger partial charge on any atom is 0.401 e. The van der Waals surface area contributed by atoms with Crippen molar-refractivity contribution in [2.45, 2.75) is 6.18 Å². The minimum atomic E-state index is -4.13. The molecule has 3 nitrogen and oxygen atoms in total. The number of rotatable bonds is 5. The van der Waals surface area contributed by atoms with Crippen molar-refractivity contribution >= 4 is 17.3 Å². The molecule has 118 valence electrons. The average Bonchev–Trinajstić information content (AvgIpc) is 2.44. The summed E-state index contributed by atoms with van der Waals surface area (Å²) in [4.78, 5) is 4.44. The van der Waals surface area contributed by atoms with Crippen LogP contribution in [0.4, 0.5) is 18.9 Å². The van der Waals surface area contributed by atoms with Crippen LogP contribution in [0.1, 0.15) is 0 Å². The molecule has 1 aliphatic heterocycles. The zero-order valence-corrected chi connectivity index (χ0v) is 12.4. The SMILES string of the molecule is FC(F)(F)CNCCN1CCN(c2ccc(Cl)cc2)CC1. The van der Waals surface area contributed by atoms with Crippen LogP contribution >= 0.6 is 11.6 Å². The number of piperazine rings is 1. The van der Waals surface area contributed by atoms with E-state index in [-0.39, 0.29) is 0 Å². The third-order valence-corrected chi connectivity index (χ3v) is 3.75. The molecule has 0 spiro atoms. The normalized spacial score (nSPS) is 17.2. The van der Waals surface area contributed by atoms with E-state index in [9.17, 15) is 13.2 Å². The number of benzene rings is 1. The molecule has 0 bridgehead atoms. The van der Waals surface area contributed by atoms with Gasteiger partial charge in [-0.25, -0.2) is 0 Å². The van der Waals surface area contributed by atoms with Gasteiger partial charge in [-0.05, 0) is 24.3 Å². The third-order valence-electron chi connectivity index (χ3n) is 3.49. The van der Waals surface area contributed by atoms with Gasteiger partial charge in [0.1, 0.15) is 0 Å². The van der Waals surface area contributed by atoms with Crippen LogP contribution in [0.25, 0.3) is 0 Å². The summed E-state index contributed by atoms with van der Waals surface area (Å²) in [7, 11) is 0. The molecule has 0 aromatic heterocycles. The third kappa shape index (κ3) is 5.73. The highest BCUT2D eigenvalue weighted by Crippen LogP contribution is 2.19. The van der Waals surface area contributed by atoms with Gasteiger partial charge in [0.2, 0.25) is 0 Å². The molecule has 1 fully saturated rings. The fourth-order valence-electron chi connectivity index (χ4n) is 2.35. The van der Waals surface area contributed by atoms with Crippen molar-refractivity contribution in [1.29, 1.82) is 0 Å². The van der Waals surface area contributed by atoms with Crippen LogP contribution in [0.15, 0.2) is 24.3 Å². The van der Waals surface area contributed by atoms with Crippen molar-refractivity contribution in [2.75, 3.05) is 50.7 Å². The second-order valence-corrected chi connectivity index (χ2v) is 5.53. The fourth-order valence-corrected chi connectivity index (χ4v) is 2.47. The molecule has 0 amide bonds. The van der Waals surface area contributed by atoms with Gasteiger partial charge in [0.25, 0.3) is 0 Å². The molecule has 0 aliphatic carbocycles. The lowest BCUT2D eigenvalue weighted by Gasteiger charge is -2.36. The Morgan fingerprint density at radius 2 is 1.67 bits per heavy atom. The van der Waals surface area contributed by atoms with Crippen molar-refractivity contribution in [3.05, 3.63) is 29.3 Å². The fraction of sp³-hybridized carbons (Fsp3) is 0.571. The summed E-state index contributed by atoms with van der Waals surface area (Å²) >= 11 is 5.86. The number of alkyl halides is 3. The maximum absolute atomic E-state index is 12.0. The van der Waals surface area contributed by atoms with Gasteiger partial charge >= 0.3 is 6.18 Å². The summed E-state index contributed by atoms with van der Waals surface area (Å²) < 4.78 is 36.0. The lowest BCUT2D eigenvalue weighted by atomic mass is 10.2.